The largest absolute Gasteiger partial charge is 0.481 e. The molecule has 1 unspecified atom stereocenters. The third kappa shape index (κ3) is 2.54. The minimum absolute atomic E-state index is 0.0869. The number of anilines is 1. The van der Waals surface area contributed by atoms with Gasteiger partial charge in [-0.2, -0.15) is 0 Å². The predicted octanol–water partition coefficient (Wildman–Crippen LogP) is 3.57. The van der Waals surface area contributed by atoms with Gasteiger partial charge in [0.2, 0.25) is 0 Å². The highest BCUT2D eigenvalue weighted by atomic mass is 16.4. The van der Waals surface area contributed by atoms with E-state index in [9.17, 15) is 4.79 Å². The Morgan fingerprint density at radius 1 is 1.40 bits per heavy atom. The molecular weight excluding hydrogens is 250 g/mol. The third-order valence-corrected chi connectivity index (χ3v) is 4.86. The highest BCUT2D eigenvalue weighted by molar-refractivity contribution is 5.68. The van der Waals surface area contributed by atoms with E-state index < -0.39 is 5.97 Å². The molecule has 1 aromatic rings. The van der Waals surface area contributed by atoms with Crippen molar-refractivity contribution < 1.29 is 9.90 Å². The maximum Gasteiger partial charge on any atom is 0.303 e. The number of hydrogen-bond acceptors (Lipinski definition) is 2. The van der Waals surface area contributed by atoms with Crippen LogP contribution in [0.4, 0.5) is 5.69 Å². The summed E-state index contributed by atoms with van der Waals surface area (Å²) in [4.78, 5) is 13.4. The van der Waals surface area contributed by atoms with Crippen molar-refractivity contribution in [3.63, 3.8) is 0 Å². The van der Waals surface area contributed by atoms with Crippen LogP contribution in [0.1, 0.15) is 56.1 Å². The summed E-state index contributed by atoms with van der Waals surface area (Å²) in [6.45, 7) is 3.14. The Kier molecular flexibility index (Phi) is 3.68. The first-order valence-corrected chi connectivity index (χ1v) is 7.76. The van der Waals surface area contributed by atoms with E-state index in [-0.39, 0.29) is 12.3 Å². The number of nitrogens with zero attached hydrogens (tertiary/aromatic N) is 1. The summed E-state index contributed by atoms with van der Waals surface area (Å²) < 4.78 is 0. The fourth-order valence-corrected chi connectivity index (χ4v) is 3.70. The van der Waals surface area contributed by atoms with Crippen LogP contribution in [0.5, 0.6) is 0 Å². The highest BCUT2D eigenvalue weighted by Gasteiger charge is 2.28. The monoisotopic (exact) mass is 273 g/mol. The van der Waals surface area contributed by atoms with Crippen molar-refractivity contribution in [1.82, 2.24) is 0 Å². The Bertz CT molecular complexity index is 506. The van der Waals surface area contributed by atoms with E-state index in [1.54, 1.807) is 0 Å². The van der Waals surface area contributed by atoms with E-state index >= 15 is 0 Å². The van der Waals surface area contributed by atoms with E-state index in [4.69, 9.17) is 5.11 Å². The first-order chi connectivity index (χ1) is 9.65. The molecule has 1 N–H and O–H groups in total. The summed E-state index contributed by atoms with van der Waals surface area (Å²) >= 11 is 0. The topological polar surface area (TPSA) is 40.5 Å². The average Bonchev–Trinajstić information content (AvgIpc) is 3.05. The summed E-state index contributed by atoms with van der Waals surface area (Å²) in [5, 5.41) is 8.95. The number of carbonyl (C=O) groups is 1. The Hall–Kier alpha value is -1.51. The number of benzene rings is 1. The van der Waals surface area contributed by atoms with E-state index in [1.807, 2.05) is 6.92 Å². The number of aliphatic carboxylic acids is 1. The molecule has 2 aliphatic rings. The van der Waals surface area contributed by atoms with Crippen molar-refractivity contribution >= 4 is 11.7 Å². The molecule has 0 amide bonds. The maximum absolute atomic E-state index is 10.9. The molecule has 1 atom stereocenters. The average molecular weight is 273 g/mol. The minimum Gasteiger partial charge on any atom is -0.481 e. The van der Waals surface area contributed by atoms with Crippen LogP contribution in [0.25, 0.3) is 0 Å². The molecule has 1 aromatic carbocycles. The minimum atomic E-state index is -0.717. The molecule has 3 heteroatoms. The van der Waals surface area contributed by atoms with Gasteiger partial charge in [-0.25, -0.2) is 0 Å². The molecule has 0 bridgehead atoms. The zero-order chi connectivity index (χ0) is 14.1. The Morgan fingerprint density at radius 3 is 2.85 bits per heavy atom. The van der Waals surface area contributed by atoms with Gasteiger partial charge in [0.25, 0.3) is 0 Å². The summed E-state index contributed by atoms with van der Waals surface area (Å²) in [6, 6.07) is 7.28. The fraction of sp³-hybridized carbons (Fsp3) is 0.588. The SMILES string of the molecule is CC(CC(=O)O)c1ccc2c(c1)N(C1CCCC1)CC2. The molecule has 1 fully saturated rings. The zero-order valence-electron chi connectivity index (χ0n) is 12.1. The van der Waals surface area contributed by atoms with Crippen molar-refractivity contribution in [3.05, 3.63) is 29.3 Å². The van der Waals surface area contributed by atoms with E-state index in [0.717, 1.165) is 18.5 Å². The Morgan fingerprint density at radius 2 is 2.15 bits per heavy atom. The number of rotatable bonds is 4. The van der Waals surface area contributed by atoms with Gasteiger partial charge in [-0.1, -0.05) is 31.9 Å². The van der Waals surface area contributed by atoms with Crippen molar-refractivity contribution in [2.24, 2.45) is 0 Å². The molecule has 108 valence electrons. The van der Waals surface area contributed by atoms with Gasteiger partial charge in [-0.15, -0.1) is 0 Å². The first kappa shape index (κ1) is 13.5. The highest BCUT2D eigenvalue weighted by Crippen LogP contribution is 2.37. The normalized spacial score (nSPS) is 20.1. The van der Waals surface area contributed by atoms with E-state index in [2.05, 4.69) is 23.1 Å². The summed E-state index contributed by atoms with van der Waals surface area (Å²) in [5.41, 5.74) is 3.96. The standard InChI is InChI=1S/C17H23NO2/c1-12(10-17(19)20)14-7-6-13-8-9-18(16(13)11-14)15-4-2-3-5-15/h6-7,11-12,15H,2-5,8-10H2,1H3,(H,19,20). The third-order valence-electron chi connectivity index (χ3n) is 4.86. The molecule has 3 nitrogen and oxygen atoms in total. The van der Waals surface area contributed by atoms with Gasteiger partial charge in [0.05, 0.1) is 6.42 Å². The molecule has 20 heavy (non-hydrogen) atoms. The Labute approximate surface area is 120 Å². The molecule has 1 saturated carbocycles. The molecule has 0 spiro atoms. The van der Waals surface area contributed by atoms with Crippen molar-refractivity contribution in [3.8, 4) is 0 Å². The van der Waals surface area contributed by atoms with Crippen LogP contribution in [0.3, 0.4) is 0 Å². The Balaban J connectivity index is 1.83. The molecule has 1 aliphatic heterocycles. The lowest BCUT2D eigenvalue weighted by Crippen LogP contribution is -2.31. The zero-order valence-corrected chi connectivity index (χ0v) is 12.1. The van der Waals surface area contributed by atoms with Gasteiger partial charge < -0.3 is 10.0 Å². The van der Waals surface area contributed by atoms with Crippen LogP contribution in [0.15, 0.2) is 18.2 Å². The fourth-order valence-electron chi connectivity index (χ4n) is 3.70. The smallest absolute Gasteiger partial charge is 0.303 e. The van der Waals surface area contributed by atoms with Crippen molar-refractivity contribution in [1.29, 1.82) is 0 Å². The van der Waals surface area contributed by atoms with E-state index in [0.29, 0.717) is 6.04 Å². The second kappa shape index (κ2) is 5.47. The second-order valence-corrected chi connectivity index (χ2v) is 6.27. The second-order valence-electron chi connectivity index (χ2n) is 6.27. The summed E-state index contributed by atoms with van der Waals surface area (Å²) in [5.74, 6) is -0.630. The first-order valence-electron chi connectivity index (χ1n) is 7.76. The predicted molar refractivity (Wildman–Crippen MR) is 80.4 cm³/mol. The van der Waals surface area contributed by atoms with Crippen molar-refractivity contribution in [2.45, 2.75) is 57.4 Å². The van der Waals surface area contributed by atoms with Gasteiger partial charge >= 0.3 is 5.97 Å². The van der Waals surface area contributed by atoms with E-state index in [1.165, 1.54) is 36.9 Å². The van der Waals surface area contributed by atoms with Crippen LogP contribution >= 0.6 is 0 Å². The molecular formula is C17H23NO2. The van der Waals surface area contributed by atoms with Gasteiger partial charge in [-0.3, -0.25) is 4.79 Å². The van der Waals surface area contributed by atoms with Gasteiger partial charge in [0, 0.05) is 18.3 Å². The summed E-state index contributed by atoms with van der Waals surface area (Å²) in [7, 11) is 0. The lowest BCUT2D eigenvalue weighted by Gasteiger charge is -2.27. The number of hydrogen-bond donors (Lipinski definition) is 1. The lowest BCUT2D eigenvalue weighted by molar-refractivity contribution is -0.137. The molecule has 1 aliphatic carbocycles. The number of fused-ring (bicyclic) bond motifs is 1. The van der Waals surface area contributed by atoms with Crippen molar-refractivity contribution in [2.75, 3.05) is 11.4 Å². The number of carboxylic acids is 1. The van der Waals surface area contributed by atoms with Gasteiger partial charge in [0.15, 0.2) is 0 Å². The molecule has 0 aromatic heterocycles. The van der Waals surface area contributed by atoms with Crippen LogP contribution < -0.4 is 4.90 Å². The van der Waals surface area contributed by atoms with Gasteiger partial charge in [-0.05, 0) is 42.4 Å². The number of carboxylic acid groups (broad SMARTS) is 1. The van der Waals surface area contributed by atoms with Crippen LogP contribution in [0, 0.1) is 0 Å². The quantitative estimate of drug-likeness (QED) is 0.911. The molecule has 3 rings (SSSR count). The molecule has 0 saturated heterocycles. The maximum atomic E-state index is 10.9. The van der Waals surface area contributed by atoms with Crippen LogP contribution in [0.2, 0.25) is 0 Å². The van der Waals surface area contributed by atoms with Gasteiger partial charge in [0.1, 0.15) is 0 Å². The van der Waals surface area contributed by atoms with Crippen LogP contribution in [-0.2, 0) is 11.2 Å². The summed E-state index contributed by atoms with van der Waals surface area (Å²) in [6.07, 6.45) is 6.68. The van der Waals surface area contributed by atoms with Crippen LogP contribution in [-0.4, -0.2) is 23.7 Å². The lowest BCUT2D eigenvalue weighted by atomic mass is 9.96. The molecule has 1 heterocycles. The molecule has 0 radical (unpaired) electrons.